The predicted molar refractivity (Wildman–Crippen MR) is 73.6 cm³/mol. The first-order valence-electron chi connectivity index (χ1n) is 6.71. The molecule has 3 nitrogen and oxygen atoms in total. The molecule has 1 aliphatic heterocycles. The fourth-order valence-electron chi connectivity index (χ4n) is 2.35. The standard InChI is InChI=1S/C14H21NO2S/c1-2-4-14(16)15(11-13-5-3-10-18-13)12-6-8-17-9-7-12/h3,5,10,12H,2,4,6-9,11H2,1H3. The van der Waals surface area contributed by atoms with Crippen molar-refractivity contribution in [3.8, 4) is 0 Å². The van der Waals surface area contributed by atoms with Gasteiger partial charge in [0.25, 0.3) is 0 Å². The molecule has 18 heavy (non-hydrogen) atoms. The van der Waals surface area contributed by atoms with Crippen molar-refractivity contribution in [1.82, 2.24) is 4.90 Å². The maximum atomic E-state index is 12.3. The minimum absolute atomic E-state index is 0.290. The summed E-state index contributed by atoms with van der Waals surface area (Å²) in [6, 6.07) is 4.52. The van der Waals surface area contributed by atoms with E-state index in [1.165, 1.54) is 4.88 Å². The number of nitrogens with zero attached hydrogens (tertiary/aromatic N) is 1. The molecule has 1 amide bonds. The van der Waals surface area contributed by atoms with Crippen LogP contribution in [0.2, 0.25) is 0 Å². The SMILES string of the molecule is CCCC(=O)N(Cc1cccs1)C1CCOCC1. The molecular formula is C14H21NO2S. The molecule has 1 aromatic heterocycles. The highest BCUT2D eigenvalue weighted by Crippen LogP contribution is 2.21. The van der Waals surface area contributed by atoms with Crippen LogP contribution in [0.1, 0.15) is 37.5 Å². The molecule has 0 aliphatic carbocycles. The Morgan fingerprint density at radius 2 is 2.28 bits per heavy atom. The number of carbonyl (C=O) groups is 1. The molecule has 0 aromatic carbocycles. The first-order chi connectivity index (χ1) is 8.81. The van der Waals surface area contributed by atoms with Gasteiger partial charge in [0.05, 0.1) is 6.54 Å². The zero-order chi connectivity index (χ0) is 12.8. The first-order valence-corrected chi connectivity index (χ1v) is 7.59. The van der Waals surface area contributed by atoms with Gasteiger partial charge in [0.2, 0.25) is 5.91 Å². The molecule has 100 valence electrons. The minimum atomic E-state index is 0.290. The lowest BCUT2D eigenvalue weighted by molar-refractivity contribution is -0.136. The summed E-state index contributed by atoms with van der Waals surface area (Å²) in [5.41, 5.74) is 0. The average Bonchev–Trinajstić information content (AvgIpc) is 2.90. The van der Waals surface area contributed by atoms with Crippen LogP contribution in [0, 0.1) is 0 Å². The number of carbonyl (C=O) groups excluding carboxylic acids is 1. The third kappa shape index (κ3) is 3.56. The van der Waals surface area contributed by atoms with Crippen molar-refractivity contribution in [3.05, 3.63) is 22.4 Å². The van der Waals surface area contributed by atoms with Gasteiger partial charge >= 0.3 is 0 Å². The van der Waals surface area contributed by atoms with Crippen LogP contribution in [0.25, 0.3) is 0 Å². The number of hydrogen-bond acceptors (Lipinski definition) is 3. The van der Waals surface area contributed by atoms with E-state index in [2.05, 4.69) is 23.3 Å². The summed E-state index contributed by atoms with van der Waals surface area (Å²) in [5, 5.41) is 2.07. The molecule has 1 fully saturated rings. The molecular weight excluding hydrogens is 246 g/mol. The Labute approximate surface area is 113 Å². The van der Waals surface area contributed by atoms with Gasteiger partial charge in [-0.15, -0.1) is 11.3 Å². The van der Waals surface area contributed by atoms with Crippen LogP contribution >= 0.6 is 11.3 Å². The lowest BCUT2D eigenvalue weighted by Crippen LogP contribution is -2.42. The summed E-state index contributed by atoms with van der Waals surface area (Å²) in [5.74, 6) is 0.290. The average molecular weight is 267 g/mol. The van der Waals surface area contributed by atoms with E-state index in [1.807, 2.05) is 6.07 Å². The van der Waals surface area contributed by atoms with Gasteiger partial charge < -0.3 is 9.64 Å². The highest BCUT2D eigenvalue weighted by Gasteiger charge is 2.25. The van der Waals surface area contributed by atoms with Gasteiger partial charge in [0.15, 0.2) is 0 Å². The Balaban J connectivity index is 2.03. The smallest absolute Gasteiger partial charge is 0.223 e. The maximum absolute atomic E-state index is 12.3. The van der Waals surface area contributed by atoms with Crippen LogP contribution in [0.5, 0.6) is 0 Å². The molecule has 0 bridgehead atoms. The Kier molecular flexibility index (Phi) is 5.20. The second-order valence-corrected chi connectivity index (χ2v) is 5.73. The van der Waals surface area contributed by atoms with Crippen molar-refractivity contribution in [1.29, 1.82) is 0 Å². The van der Waals surface area contributed by atoms with Gasteiger partial charge in [0, 0.05) is 30.6 Å². The summed E-state index contributed by atoms with van der Waals surface area (Å²) in [4.78, 5) is 15.6. The predicted octanol–water partition coefficient (Wildman–Crippen LogP) is 3.06. The van der Waals surface area contributed by atoms with Gasteiger partial charge in [0.1, 0.15) is 0 Å². The third-order valence-electron chi connectivity index (χ3n) is 3.32. The second-order valence-electron chi connectivity index (χ2n) is 4.69. The zero-order valence-corrected chi connectivity index (χ0v) is 11.7. The van der Waals surface area contributed by atoms with Crippen LogP contribution < -0.4 is 0 Å². The molecule has 0 spiro atoms. The lowest BCUT2D eigenvalue weighted by atomic mass is 10.1. The fraction of sp³-hybridized carbons (Fsp3) is 0.643. The first kappa shape index (κ1) is 13.6. The molecule has 1 aliphatic rings. The number of amides is 1. The third-order valence-corrected chi connectivity index (χ3v) is 4.18. The molecule has 0 N–H and O–H groups in total. The summed E-state index contributed by atoms with van der Waals surface area (Å²) < 4.78 is 5.39. The topological polar surface area (TPSA) is 29.5 Å². The summed E-state index contributed by atoms with van der Waals surface area (Å²) in [6.45, 7) is 4.39. The highest BCUT2D eigenvalue weighted by atomic mass is 32.1. The summed E-state index contributed by atoms with van der Waals surface area (Å²) in [6.07, 6.45) is 3.52. The molecule has 1 aromatic rings. The molecule has 4 heteroatoms. The summed E-state index contributed by atoms with van der Waals surface area (Å²) >= 11 is 1.73. The Bertz CT molecular complexity index is 358. The minimum Gasteiger partial charge on any atom is -0.381 e. The molecule has 0 atom stereocenters. The molecule has 0 unspecified atom stereocenters. The van der Waals surface area contributed by atoms with Crippen LogP contribution in [0.15, 0.2) is 17.5 Å². The number of hydrogen-bond donors (Lipinski definition) is 0. The van der Waals surface area contributed by atoms with E-state index in [0.29, 0.717) is 12.5 Å². The largest absolute Gasteiger partial charge is 0.381 e. The zero-order valence-electron chi connectivity index (χ0n) is 10.9. The van der Waals surface area contributed by atoms with E-state index in [4.69, 9.17) is 4.74 Å². The monoisotopic (exact) mass is 267 g/mol. The quantitative estimate of drug-likeness (QED) is 0.820. The van der Waals surface area contributed by atoms with Gasteiger partial charge in [-0.1, -0.05) is 13.0 Å². The van der Waals surface area contributed by atoms with Crippen LogP contribution in [0.3, 0.4) is 0 Å². The Morgan fingerprint density at radius 3 is 2.89 bits per heavy atom. The van der Waals surface area contributed by atoms with Gasteiger partial charge in [-0.3, -0.25) is 4.79 Å². The van der Waals surface area contributed by atoms with E-state index >= 15 is 0 Å². The van der Waals surface area contributed by atoms with E-state index in [0.717, 1.165) is 39.0 Å². The molecule has 0 saturated carbocycles. The fourth-order valence-corrected chi connectivity index (χ4v) is 3.05. The normalized spacial score (nSPS) is 16.7. The van der Waals surface area contributed by atoms with Gasteiger partial charge in [-0.2, -0.15) is 0 Å². The Morgan fingerprint density at radius 1 is 1.50 bits per heavy atom. The lowest BCUT2D eigenvalue weighted by Gasteiger charge is -2.34. The van der Waals surface area contributed by atoms with Gasteiger partial charge in [-0.05, 0) is 30.7 Å². The van der Waals surface area contributed by atoms with Crippen molar-refractivity contribution in [3.63, 3.8) is 0 Å². The van der Waals surface area contributed by atoms with Crippen molar-refractivity contribution in [2.45, 2.75) is 45.2 Å². The molecule has 2 heterocycles. The van der Waals surface area contributed by atoms with Crippen molar-refractivity contribution < 1.29 is 9.53 Å². The van der Waals surface area contributed by atoms with E-state index in [9.17, 15) is 4.79 Å². The van der Waals surface area contributed by atoms with Crippen molar-refractivity contribution in [2.24, 2.45) is 0 Å². The van der Waals surface area contributed by atoms with Crippen LogP contribution in [-0.2, 0) is 16.1 Å². The van der Waals surface area contributed by atoms with Gasteiger partial charge in [-0.25, -0.2) is 0 Å². The number of rotatable bonds is 5. The van der Waals surface area contributed by atoms with E-state index in [1.54, 1.807) is 11.3 Å². The molecule has 0 radical (unpaired) electrons. The van der Waals surface area contributed by atoms with Crippen LogP contribution in [-0.4, -0.2) is 30.1 Å². The number of thiophene rings is 1. The second kappa shape index (κ2) is 6.90. The molecule has 1 saturated heterocycles. The Hall–Kier alpha value is -0.870. The van der Waals surface area contributed by atoms with E-state index < -0.39 is 0 Å². The van der Waals surface area contributed by atoms with E-state index in [-0.39, 0.29) is 5.91 Å². The maximum Gasteiger partial charge on any atom is 0.223 e. The molecule has 2 rings (SSSR count). The van der Waals surface area contributed by atoms with Crippen molar-refractivity contribution >= 4 is 17.2 Å². The van der Waals surface area contributed by atoms with Crippen LogP contribution in [0.4, 0.5) is 0 Å². The number of ether oxygens (including phenoxy) is 1. The highest BCUT2D eigenvalue weighted by molar-refractivity contribution is 7.09. The van der Waals surface area contributed by atoms with Crippen molar-refractivity contribution in [2.75, 3.05) is 13.2 Å². The summed E-state index contributed by atoms with van der Waals surface area (Å²) in [7, 11) is 0.